The Balaban J connectivity index is 1.49. The van der Waals surface area contributed by atoms with E-state index < -0.39 is 0 Å². The number of piperazine rings is 1. The van der Waals surface area contributed by atoms with Gasteiger partial charge in [-0.15, -0.1) is 0 Å². The predicted molar refractivity (Wildman–Crippen MR) is 136 cm³/mol. The van der Waals surface area contributed by atoms with Gasteiger partial charge in [-0.3, -0.25) is 9.69 Å². The lowest BCUT2D eigenvalue weighted by Crippen LogP contribution is -2.46. The first kappa shape index (κ1) is 24.4. The molecule has 2 atom stereocenters. The van der Waals surface area contributed by atoms with E-state index in [1.54, 1.807) is 6.07 Å². The van der Waals surface area contributed by atoms with Gasteiger partial charge in [-0.25, -0.2) is 4.39 Å². The second kappa shape index (κ2) is 10.7. The molecule has 0 unspecified atom stereocenters. The molecule has 2 aliphatic rings. The van der Waals surface area contributed by atoms with Crippen LogP contribution in [-0.2, 0) is 11.2 Å². The fourth-order valence-corrected chi connectivity index (χ4v) is 5.33. The SMILES string of the molecule is Cc1cc(C#CCN2CCN(C)CC2)cc(C)c1N1C[C@@H](Cc2ccccc2F)C[C@@H](C)C1=O. The zero-order valence-corrected chi connectivity index (χ0v) is 20.9. The van der Waals surface area contributed by atoms with Crippen molar-refractivity contribution in [2.75, 3.05) is 51.2 Å². The highest BCUT2D eigenvalue weighted by Crippen LogP contribution is 2.34. The van der Waals surface area contributed by atoms with Crippen molar-refractivity contribution >= 4 is 11.6 Å². The first-order valence-electron chi connectivity index (χ1n) is 12.4. The summed E-state index contributed by atoms with van der Waals surface area (Å²) in [5.74, 6) is 6.82. The smallest absolute Gasteiger partial charge is 0.229 e. The maximum Gasteiger partial charge on any atom is 0.229 e. The standard InChI is InChI=1S/C29H36FN3O/c1-21-16-24(8-7-11-32-14-12-31(4)13-15-32)17-22(2)28(21)33-20-25(18-23(3)29(33)34)19-26-9-5-6-10-27(26)30/h5-6,9-10,16-17,23,25H,11-15,18-20H2,1-4H3/t23-,25-/m1/s1. The predicted octanol–water partition coefficient (Wildman–Crippen LogP) is 4.27. The molecule has 0 aliphatic carbocycles. The summed E-state index contributed by atoms with van der Waals surface area (Å²) in [7, 11) is 2.16. The van der Waals surface area contributed by atoms with Crippen molar-refractivity contribution in [2.45, 2.75) is 33.6 Å². The Hall–Kier alpha value is -2.68. The van der Waals surface area contributed by atoms with Gasteiger partial charge < -0.3 is 9.80 Å². The lowest BCUT2D eigenvalue weighted by molar-refractivity contribution is -0.124. The molecule has 0 aromatic heterocycles. The number of aryl methyl sites for hydroxylation is 2. The quantitative estimate of drug-likeness (QED) is 0.636. The molecule has 0 bridgehead atoms. The van der Waals surface area contributed by atoms with E-state index in [0.717, 1.165) is 67.1 Å². The van der Waals surface area contributed by atoms with Crippen LogP contribution in [0, 0.1) is 43.3 Å². The number of benzene rings is 2. The van der Waals surface area contributed by atoms with E-state index in [1.807, 2.05) is 24.0 Å². The van der Waals surface area contributed by atoms with Gasteiger partial charge in [0.1, 0.15) is 5.82 Å². The highest BCUT2D eigenvalue weighted by Gasteiger charge is 2.34. The second-order valence-corrected chi connectivity index (χ2v) is 10.1. The Morgan fingerprint density at radius 1 is 1.06 bits per heavy atom. The summed E-state index contributed by atoms with van der Waals surface area (Å²) < 4.78 is 14.3. The molecular formula is C29H36FN3O. The number of rotatable bonds is 4. The minimum atomic E-state index is -0.162. The molecule has 2 fully saturated rings. The summed E-state index contributed by atoms with van der Waals surface area (Å²) >= 11 is 0. The molecule has 4 nitrogen and oxygen atoms in total. The van der Waals surface area contributed by atoms with E-state index >= 15 is 0 Å². The van der Waals surface area contributed by atoms with Crippen molar-refractivity contribution in [3.8, 4) is 11.8 Å². The van der Waals surface area contributed by atoms with Crippen molar-refractivity contribution in [3.63, 3.8) is 0 Å². The fraction of sp³-hybridized carbons (Fsp3) is 0.483. The summed E-state index contributed by atoms with van der Waals surface area (Å²) in [6.07, 6.45) is 1.44. The van der Waals surface area contributed by atoms with Gasteiger partial charge >= 0.3 is 0 Å². The summed E-state index contributed by atoms with van der Waals surface area (Å²) in [5.41, 5.74) is 4.84. The zero-order chi connectivity index (χ0) is 24.2. The van der Waals surface area contributed by atoms with Gasteiger partial charge in [0.15, 0.2) is 0 Å². The Labute approximate surface area is 203 Å². The number of halogens is 1. The number of anilines is 1. The third-order valence-electron chi connectivity index (χ3n) is 7.17. The van der Waals surface area contributed by atoms with Crippen molar-refractivity contribution in [2.24, 2.45) is 11.8 Å². The van der Waals surface area contributed by atoms with Crippen LogP contribution in [0.5, 0.6) is 0 Å². The molecule has 2 heterocycles. The number of nitrogens with zero attached hydrogens (tertiary/aromatic N) is 3. The van der Waals surface area contributed by atoms with Crippen LogP contribution in [-0.4, -0.2) is 62.0 Å². The molecule has 0 radical (unpaired) electrons. The fourth-order valence-electron chi connectivity index (χ4n) is 5.33. The van der Waals surface area contributed by atoms with Crippen molar-refractivity contribution < 1.29 is 9.18 Å². The Kier molecular flexibility index (Phi) is 7.70. The number of hydrogen-bond donors (Lipinski definition) is 0. The molecule has 0 N–H and O–H groups in total. The van der Waals surface area contributed by atoms with Crippen molar-refractivity contribution in [1.82, 2.24) is 9.80 Å². The van der Waals surface area contributed by atoms with Crippen LogP contribution in [0.3, 0.4) is 0 Å². The Bertz CT molecular complexity index is 1070. The minimum Gasteiger partial charge on any atom is -0.311 e. The van der Waals surface area contributed by atoms with Gasteiger partial charge in [-0.05, 0) is 74.5 Å². The van der Waals surface area contributed by atoms with Gasteiger partial charge in [0.05, 0.1) is 6.54 Å². The average molecular weight is 462 g/mol. The number of carbonyl (C=O) groups is 1. The van der Waals surface area contributed by atoms with Gasteiger partial charge in [-0.2, -0.15) is 0 Å². The Morgan fingerprint density at radius 3 is 2.41 bits per heavy atom. The van der Waals surface area contributed by atoms with E-state index in [2.05, 4.69) is 54.7 Å². The molecule has 2 aromatic carbocycles. The van der Waals surface area contributed by atoms with Crippen LogP contribution < -0.4 is 4.90 Å². The first-order chi connectivity index (χ1) is 16.3. The largest absolute Gasteiger partial charge is 0.311 e. The third kappa shape index (κ3) is 5.68. The van der Waals surface area contributed by atoms with E-state index in [1.165, 1.54) is 6.07 Å². The van der Waals surface area contributed by atoms with E-state index in [0.29, 0.717) is 13.0 Å². The van der Waals surface area contributed by atoms with Crippen molar-refractivity contribution in [1.29, 1.82) is 0 Å². The van der Waals surface area contributed by atoms with Crippen molar-refractivity contribution in [3.05, 3.63) is 64.5 Å². The normalized spacial score (nSPS) is 21.9. The van der Waals surface area contributed by atoms with Crippen LogP contribution in [0.15, 0.2) is 36.4 Å². The molecule has 0 spiro atoms. The molecule has 4 rings (SSSR count). The molecule has 34 heavy (non-hydrogen) atoms. The van der Waals surface area contributed by atoms with E-state index in [4.69, 9.17) is 0 Å². The van der Waals surface area contributed by atoms with Crippen LogP contribution in [0.2, 0.25) is 0 Å². The topological polar surface area (TPSA) is 26.8 Å². The maximum atomic E-state index is 14.3. The van der Waals surface area contributed by atoms with Crippen LogP contribution in [0.4, 0.5) is 10.1 Å². The maximum absolute atomic E-state index is 14.3. The third-order valence-corrected chi connectivity index (χ3v) is 7.17. The summed E-state index contributed by atoms with van der Waals surface area (Å²) in [5, 5.41) is 0. The van der Waals surface area contributed by atoms with Gasteiger partial charge in [0, 0.05) is 49.9 Å². The second-order valence-electron chi connectivity index (χ2n) is 10.1. The molecule has 2 aromatic rings. The molecular weight excluding hydrogens is 425 g/mol. The number of amides is 1. The number of piperidine rings is 1. The van der Waals surface area contributed by atoms with Gasteiger partial charge in [0.2, 0.25) is 5.91 Å². The van der Waals surface area contributed by atoms with E-state index in [-0.39, 0.29) is 23.6 Å². The zero-order valence-electron chi connectivity index (χ0n) is 20.9. The van der Waals surface area contributed by atoms with Gasteiger partial charge in [-0.1, -0.05) is 37.0 Å². The minimum absolute atomic E-state index is 0.0765. The highest BCUT2D eigenvalue weighted by molar-refractivity contribution is 5.97. The monoisotopic (exact) mass is 461 g/mol. The lowest BCUT2D eigenvalue weighted by atomic mass is 9.84. The first-order valence-corrected chi connectivity index (χ1v) is 12.4. The summed E-state index contributed by atoms with van der Waals surface area (Å²) in [6.45, 7) is 11.8. The van der Waals surface area contributed by atoms with Crippen LogP contribution in [0.25, 0.3) is 0 Å². The Morgan fingerprint density at radius 2 is 1.74 bits per heavy atom. The molecule has 1 amide bonds. The average Bonchev–Trinajstić information content (AvgIpc) is 2.79. The molecule has 5 heteroatoms. The number of hydrogen-bond acceptors (Lipinski definition) is 3. The van der Waals surface area contributed by atoms with E-state index in [9.17, 15) is 9.18 Å². The summed E-state index contributed by atoms with van der Waals surface area (Å²) in [6, 6.07) is 11.2. The molecule has 180 valence electrons. The molecule has 2 saturated heterocycles. The highest BCUT2D eigenvalue weighted by atomic mass is 19.1. The lowest BCUT2D eigenvalue weighted by Gasteiger charge is -2.38. The molecule has 2 aliphatic heterocycles. The summed E-state index contributed by atoms with van der Waals surface area (Å²) in [4.78, 5) is 19.8. The number of carbonyl (C=O) groups excluding carboxylic acids is 1. The van der Waals surface area contributed by atoms with Crippen LogP contribution >= 0.6 is 0 Å². The van der Waals surface area contributed by atoms with Gasteiger partial charge in [0.25, 0.3) is 0 Å². The molecule has 0 saturated carbocycles. The number of likely N-dealkylation sites (N-methyl/N-ethyl adjacent to an activating group) is 1. The van der Waals surface area contributed by atoms with Crippen LogP contribution in [0.1, 0.15) is 35.6 Å².